The average Bonchev–Trinajstić information content (AvgIpc) is 2.81. The van der Waals surface area contributed by atoms with Crippen molar-refractivity contribution in [1.82, 2.24) is 20.0 Å². The number of carbonyl (C=O) groups is 1. The number of alkyl carbamates (subject to hydrolysis) is 1. The molecule has 6 nitrogen and oxygen atoms in total. The van der Waals surface area contributed by atoms with E-state index in [4.69, 9.17) is 4.74 Å². The zero-order chi connectivity index (χ0) is 16.2. The molecule has 7 heteroatoms. The van der Waals surface area contributed by atoms with E-state index in [-0.39, 0.29) is 12.1 Å². The number of amides is 1. The van der Waals surface area contributed by atoms with Crippen LogP contribution in [0.4, 0.5) is 4.79 Å². The highest BCUT2D eigenvalue weighted by Gasteiger charge is 2.23. The van der Waals surface area contributed by atoms with Crippen LogP contribution < -0.4 is 5.32 Å². The molecule has 1 fully saturated rings. The second-order valence-electron chi connectivity index (χ2n) is 6.68. The molecule has 1 aliphatic rings. The maximum absolute atomic E-state index is 11.8. The lowest BCUT2D eigenvalue weighted by Crippen LogP contribution is -2.46. The normalized spacial score (nSPS) is 17.5. The van der Waals surface area contributed by atoms with Gasteiger partial charge in [0.15, 0.2) is 0 Å². The minimum atomic E-state index is -0.442. The van der Waals surface area contributed by atoms with Crippen LogP contribution in [0.2, 0.25) is 0 Å². The number of aromatic nitrogens is 2. The molecule has 1 aromatic heterocycles. The summed E-state index contributed by atoms with van der Waals surface area (Å²) in [5.74, 6) is 0. The largest absolute Gasteiger partial charge is 0.444 e. The van der Waals surface area contributed by atoms with Crippen LogP contribution in [-0.4, -0.2) is 52.1 Å². The summed E-state index contributed by atoms with van der Waals surface area (Å²) in [5.41, 5.74) is -0.442. The summed E-state index contributed by atoms with van der Waals surface area (Å²) >= 11 is 3.40. The minimum Gasteiger partial charge on any atom is -0.444 e. The molecule has 0 unspecified atom stereocenters. The standard InChI is InChI=1S/C15H25BrN4O2/c1-15(2,3)22-14(21)18-13-4-6-19(7-5-13)8-9-20-11-12(16)10-17-20/h10-11,13H,4-9H2,1-3H3,(H,18,21). The van der Waals surface area contributed by atoms with Crippen molar-refractivity contribution in [2.24, 2.45) is 0 Å². The molecule has 2 rings (SSSR count). The molecule has 1 N–H and O–H groups in total. The van der Waals surface area contributed by atoms with Gasteiger partial charge in [-0.15, -0.1) is 0 Å². The molecule has 0 aromatic carbocycles. The SMILES string of the molecule is CC(C)(C)OC(=O)NC1CCN(CCn2cc(Br)cn2)CC1. The van der Waals surface area contributed by atoms with E-state index in [9.17, 15) is 4.79 Å². The van der Waals surface area contributed by atoms with Crippen molar-refractivity contribution >= 4 is 22.0 Å². The Kier molecular flexibility index (Phi) is 5.86. The van der Waals surface area contributed by atoms with Crippen molar-refractivity contribution in [1.29, 1.82) is 0 Å². The predicted octanol–water partition coefficient (Wildman–Crippen LogP) is 2.63. The van der Waals surface area contributed by atoms with E-state index in [1.807, 2.05) is 31.6 Å². The highest BCUT2D eigenvalue weighted by molar-refractivity contribution is 9.10. The first-order valence-corrected chi connectivity index (χ1v) is 8.51. The number of rotatable bonds is 4. The van der Waals surface area contributed by atoms with Gasteiger partial charge in [-0.2, -0.15) is 5.10 Å². The molecule has 0 saturated carbocycles. The number of carbonyl (C=O) groups excluding carboxylic acids is 1. The summed E-state index contributed by atoms with van der Waals surface area (Å²) in [6.45, 7) is 9.48. The lowest BCUT2D eigenvalue weighted by Gasteiger charge is -2.32. The maximum Gasteiger partial charge on any atom is 0.407 e. The zero-order valence-corrected chi connectivity index (χ0v) is 15.1. The van der Waals surface area contributed by atoms with Gasteiger partial charge in [-0.05, 0) is 49.5 Å². The fourth-order valence-electron chi connectivity index (χ4n) is 2.48. The number of hydrogen-bond donors (Lipinski definition) is 1. The van der Waals surface area contributed by atoms with Crippen LogP contribution in [0.3, 0.4) is 0 Å². The Morgan fingerprint density at radius 1 is 1.41 bits per heavy atom. The van der Waals surface area contributed by atoms with Gasteiger partial charge in [-0.3, -0.25) is 4.68 Å². The Hall–Kier alpha value is -1.08. The topological polar surface area (TPSA) is 59.4 Å². The quantitative estimate of drug-likeness (QED) is 0.882. The Morgan fingerprint density at radius 3 is 2.64 bits per heavy atom. The summed E-state index contributed by atoms with van der Waals surface area (Å²) in [6, 6.07) is 0.213. The van der Waals surface area contributed by atoms with Crippen molar-refractivity contribution in [2.45, 2.75) is 51.8 Å². The molecule has 0 aliphatic carbocycles. The van der Waals surface area contributed by atoms with Gasteiger partial charge in [0.25, 0.3) is 0 Å². The van der Waals surface area contributed by atoms with Gasteiger partial charge in [0.2, 0.25) is 0 Å². The summed E-state index contributed by atoms with van der Waals surface area (Å²) in [4.78, 5) is 14.2. The molecule has 22 heavy (non-hydrogen) atoms. The highest BCUT2D eigenvalue weighted by Crippen LogP contribution is 2.13. The van der Waals surface area contributed by atoms with Crippen LogP contribution in [0.5, 0.6) is 0 Å². The van der Waals surface area contributed by atoms with Gasteiger partial charge < -0.3 is 15.0 Å². The molecule has 0 atom stereocenters. The first-order valence-electron chi connectivity index (χ1n) is 7.72. The minimum absolute atomic E-state index is 0.213. The lowest BCUT2D eigenvalue weighted by molar-refractivity contribution is 0.0478. The fourth-order valence-corrected chi connectivity index (χ4v) is 2.81. The summed E-state index contributed by atoms with van der Waals surface area (Å²) < 4.78 is 8.24. The van der Waals surface area contributed by atoms with E-state index < -0.39 is 5.60 Å². The van der Waals surface area contributed by atoms with E-state index in [1.165, 1.54) is 0 Å². The Balaban J connectivity index is 1.66. The third-order valence-electron chi connectivity index (χ3n) is 3.56. The lowest BCUT2D eigenvalue weighted by atomic mass is 10.1. The molecule has 1 aliphatic heterocycles. The number of ether oxygens (including phenoxy) is 1. The first kappa shape index (κ1) is 17.3. The van der Waals surface area contributed by atoms with Gasteiger partial charge >= 0.3 is 6.09 Å². The number of nitrogens with one attached hydrogen (secondary N) is 1. The van der Waals surface area contributed by atoms with Gasteiger partial charge in [0.1, 0.15) is 5.60 Å². The number of halogens is 1. The average molecular weight is 373 g/mol. The van der Waals surface area contributed by atoms with E-state index in [0.717, 1.165) is 43.5 Å². The fraction of sp³-hybridized carbons (Fsp3) is 0.733. The van der Waals surface area contributed by atoms with Crippen LogP contribution in [0.15, 0.2) is 16.9 Å². The van der Waals surface area contributed by atoms with Gasteiger partial charge in [0.05, 0.1) is 17.2 Å². The molecule has 124 valence electrons. The summed E-state index contributed by atoms with van der Waals surface area (Å²) in [7, 11) is 0. The number of piperidine rings is 1. The third kappa shape index (κ3) is 5.96. The maximum atomic E-state index is 11.8. The Labute approximate surface area is 140 Å². The van der Waals surface area contributed by atoms with Gasteiger partial charge in [-0.25, -0.2) is 4.79 Å². The molecule has 1 aromatic rings. The third-order valence-corrected chi connectivity index (χ3v) is 3.97. The zero-order valence-electron chi connectivity index (χ0n) is 13.5. The van der Waals surface area contributed by atoms with Crippen molar-refractivity contribution in [3.05, 3.63) is 16.9 Å². The highest BCUT2D eigenvalue weighted by atomic mass is 79.9. The monoisotopic (exact) mass is 372 g/mol. The number of likely N-dealkylation sites (tertiary alicyclic amines) is 1. The van der Waals surface area contributed by atoms with Gasteiger partial charge in [0, 0.05) is 31.9 Å². The molecular weight excluding hydrogens is 348 g/mol. The van der Waals surface area contributed by atoms with Crippen LogP contribution in [-0.2, 0) is 11.3 Å². The van der Waals surface area contributed by atoms with Crippen molar-refractivity contribution in [2.75, 3.05) is 19.6 Å². The van der Waals surface area contributed by atoms with E-state index in [2.05, 4.69) is 31.2 Å². The number of nitrogens with zero attached hydrogens (tertiary/aromatic N) is 3. The van der Waals surface area contributed by atoms with Crippen LogP contribution in [0.1, 0.15) is 33.6 Å². The van der Waals surface area contributed by atoms with E-state index >= 15 is 0 Å². The second-order valence-corrected chi connectivity index (χ2v) is 7.60. The van der Waals surface area contributed by atoms with Gasteiger partial charge in [-0.1, -0.05) is 0 Å². The molecule has 2 heterocycles. The molecule has 0 spiro atoms. The second kappa shape index (κ2) is 7.46. The smallest absolute Gasteiger partial charge is 0.407 e. The first-order chi connectivity index (χ1) is 10.3. The molecule has 0 bridgehead atoms. The van der Waals surface area contributed by atoms with E-state index in [0.29, 0.717) is 0 Å². The Bertz CT molecular complexity index is 490. The molecular formula is C15H25BrN4O2. The van der Waals surface area contributed by atoms with Crippen molar-refractivity contribution in [3.63, 3.8) is 0 Å². The van der Waals surface area contributed by atoms with Crippen LogP contribution >= 0.6 is 15.9 Å². The molecule has 0 radical (unpaired) electrons. The summed E-state index contributed by atoms with van der Waals surface area (Å²) in [5, 5.41) is 7.22. The van der Waals surface area contributed by atoms with E-state index in [1.54, 1.807) is 6.20 Å². The number of hydrogen-bond acceptors (Lipinski definition) is 4. The van der Waals surface area contributed by atoms with Crippen LogP contribution in [0.25, 0.3) is 0 Å². The predicted molar refractivity (Wildman–Crippen MR) is 88.8 cm³/mol. The molecule has 1 amide bonds. The van der Waals surface area contributed by atoms with Crippen molar-refractivity contribution in [3.8, 4) is 0 Å². The molecule has 1 saturated heterocycles. The van der Waals surface area contributed by atoms with Crippen LogP contribution in [0, 0.1) is 0 Å². The summed E-state index contributed by atoms with van der Waals surface area (Å²) in [6.07, 6.45) is 5.39. The van der Waals surface area contributed by atoms with Crippen molar-refractivity contribution < 1.29 is 9.53 Å². The Morgan fingerprint density at radius 2 is 2.09 bits per heavy atom.